The van der Waals surface area contributed by atoms with E-state index in [2.05, 4.69) is 15.1 Å². The zero-order valence-corrected chi connectivity index (χ0v) is 13.3. The van der Waals surface area contributed by atoms with Gasteiger partial charge in [-0.2, -0.15) is 5.10 Å². The van der Waals surface area contributed by atoms with Crippen LogP contribution in [0.1, 0.15) is 43.2 Å². The highest BCUT2D eigenvalue weighted by Gasteiger charge is 2.29. The minimum absolute atomic E-state index is 0.0249. The Hall–Kier alpha value is -1.95. The lowest BCUT2D eigenvalue weighted by Crippen LogP contribution is -2.29. The predicted molar refractivity (Wildman–Crippen MR) is 82.8 cm³/mol. The molecule has 22 heavy (non-hydrogen) atoms. The van der Waals surface area contributed by atoms with Crippen molar-refractivity contribution in [3.05, 3.63) is 23.8 Å². The number of hydrogen-bond donors (Lipinski definition) is 1. The van der Waals surface area contributed by atoms with Crippen molar-refractivity contribution >= 4 is 0 Å². The normalized spacial score (nSPS) is 21.8. The molecule has 3 rings (SSSR count). The number of methoxy groups -OCH3 is 1. The summed E-state index contributed by atoms with van der Waals surface area (Å²) < 4.78 is 7.30. The fourth-order valence-corrected chi connectivity index (χ4v) is 3.11. The quantitative estimate of drug-likeness (QED) is 0.942. The molecule has 0 bridgehead atoms. The molecule has 0 spiro atoms. The summed E-state index contributed by atoms with van der Waals surface area (Å²) in [5, 5.41) is 14.9. The third-order valence-electron chi connectivity index (χ3n) is 4.21. The van der Waals surface area contributed by atoms with Crippen LogP contribution in [-0.4, -0.2) is 38.1 Å². The first kappa shape index (κ1) is 15.0. The minimum atomic E-state index is -0.373. The molecular formula is C16H22N4O2. The number of nitrogens with zero attached hydrogens (tertiary/aromatic N) is 4. The van der Waals surface area contributed by atoms with Crippen molar-refractivity contribution < 1.29 is 9.84 Å². The highest BCUT2D eigenvalue weighted by atomic mass is 16.5. The van der Waals surface area contributed by atoms with E-state index in [-0.39, 0.29) is 12.1 Å². The van der Waals surface area contributed by atoms with Gasteiger partial charge in [0.15, 0.2) is 5.82 Å². The molecule has 0 amide bonds. The number of ether oxygens (including phenoxy) is 1. The average molecular weight is 302 g/mol. The Morgan fingerprint density at radius 3 is 2.77 bits per heavy atom. The van der Waals surface area contributed by atoms with Crippen molar-refractivity contribution in [3.8, 4) is 17.1 Å². The van der Waals surface area contributed by atoms with E-state index in [1.807, 2.05) is 24.6 Å². The molecule has 2 heterocycles. The molecule has 2 atom stereocenters. The topological polar surface area (TPSA) is 73.1 Å². The molecule has 0 aliphatic heterocycles. The third-order valence-corrected chi connectivity index (χ3v) is 4.21. The number of aliphatic hydroxyl groups excluding tert-OH is 1. The molecule has 0 radical (unpaired) electrons. The van der Waals surface area contributed by atoms with Crippen LogP contribution in [0.25, 0.3) is 11.4 Å². The molecule has 1 N–H and O–H groups in total. The van der Waals surface area contributed by atoms with Crippen molar-refractivity contribution in [2.75, 3.05) is 7.11 Å². The van der Waals surface area contributed by atoms with Gasteiger partial charge in [-0.25, -0.2) is 9.67 Å². The van der Waals surface area contributed by atoms with E-state index < -0.39 is 0 Å². The van der Waals surface area contributed by atoms with Crippen LogP contribution in [0.15, 0.2) is 12.3 Å². The number of rotatable bonds is 3. The molecule has 2 aromatic rings. The van der Waals surface area contributed by atoms with Crippen molar-refractivity contribution in [2.45, 2.75) is 51.7 Å². The molecule has 0 unspecified atom stereocenters. The summed E-state index contributed by atoms with van der Waals surface area (Å²) in [6.07, 6.45) is 5.24. The smallest absolute Gasteiger partial charge is 0.162 e. The summed E-state index contributed by atoms with van der Waals surface area (Å²) in [5.41, 5.74) is 1.76. The lowest BCUT2D eigenvalue weighted by molar-refractivity contribution is 0.0700. The summed E-state index contributed by atoms with van der Waals surface area (Å²) in [4.78, 5) is 8.84. The summed E-state index contributed by atoms with van der Waals surface area (Å²) in [6.45, 7) is 3.81. The summed E-state index contributed by atoms with van der Waals surface area (Å²) in [7, 11) is 1.62. The van der Waals surface area contributed by atoms with Gasteiger partial charge in [-0.3, -0.25) is 4.98 Å². The number of aryl methyl sites for hydroxylation is 2. The maximum Gasteiger partial charge on any atom is 0.162 e. The second-order valence-electron chi connectivity index (χ2n) is 5.87. The van der Waals surface area contributed by atoms with Gasteiger partial charge >= 0.3 is 0 Å². The van der Waals surface area contributed by atoms with E-state index in [0.717, 1.165) is 42.8 Å². The van der Waals surface area contributed by atoms with E-state index in [9.17, 15) is 5.11 Å². The number of aliphatic hydroxyl groups is 1. The lowest BCUT2D eigenvalue weighted by Gasteiger charge is -2.28. The summed E-state index contributed by atoms with van der Waals surface area (Å²) in [5.74, 6) is 2.11. The monoisotopic (exact) mass is 302 g/mol. The van der Waals surface area contributed by atoms with Gasteiger partial charge in [-0.1, -0.05) is 12.8 Å². The molecule has 118 valence electrons. The van der Waals surface area contributed by atoms with Crippen molar-refractivity contribution in [2.24, 2.45) is 0 Å². The van der Waals surface area contributed by atoms with Gasteiger partial charge in [0.2, 0.25) is 0 Å². The molecule has 6 heteroatoms. The molecule has 1 fully saturated rings. The number of hydrogen-bond acceptors (Lipinski definition) is 5. The van der Waals surface area contributed by atoms with Gasteiger partial charge in [0.1, 0.15) is 11.6 Å². The van der Waals surface area contributed by atoms with E-state index in [0.29, 0.717) is 11.6 Å². The fourth-order valence-electron chi connectivity index (χ4n) is 3.11. The summed E-state index contributed by atoms with van der Waals surface area (Å²) >= 11 is 0. The van der Waals surface area contributed by atoms with E-state index in [4.69, 9.17) is 4.74 Å². The SMILES string of the molecule is COc1cnc(C)cc1-c1nc(C)nn1[C@@H]1CCCC[C@H]1O. The fraction of sp³-hybridized carbons (Fsp3) is 0.562. The van der Waals surface area contributed by atoms with Crippen molar-refractivity contribution in [1.82, 2.24) is 19.7 Å². The Bertz CT molecular complexity index is 668. The minimum Gasteiger partial charge on any atom is -0.494 e. The number of aromatic nitrogens is 4. The Labute approximate surface area is 130 Å². The van der Waals surface area contributed by atoms with Crippen LogP contribution in [0.4, 0.5) is 0 Å². The zero-order chi connectivity index (χ0) is 15.7. The average Bonchev–Trinajstić information content (AvgIpc) is 2.89. The first-order valence-electron chi connectivity index (χ1n) is 7.72. The van der Waals surface area contributed by atoms with Crippen molar-refractivity contribution in [3.63, 3.8) is 0 Å². The third kappa shape index (κ3) is 2.70. The van der Waals surface area contributed by atoms with Crippen LogP contribution in [0.3, 0.4) is 0 Å². The maximum absolute atomic E-state index is 10.4. The molecule has 1 aliphatic rings. The predicted octanol–water partition coefficient (Wildman–Crippen LogP) is 2.44. The molecule has 1 aliphatic carbocycles. The highest BCUT2D eigenvalue weighted by molar-refractivity contribution is 5.64. The first-order valence-corrected chi connectivity index (χ1v) is 7.72. The molecule has 2 aromatic heterocycles. The Morgan fingerprint density at radius 2 is 2.05 bits per heavy atom. The van der Waals surface area contributed by atoms with Crippen LogP contribution in [0.2, 0.25) is 0 Å². The second kappa shape index (κ2) is 6.04. The standard InChI is InChI=1S/C16H22N4O2/c1-10-8-12(15(22-3)9-17-10)16-18-11(2)19-20(16)13-6-4-5-7-14(13)21/h8-9,13-14,21H,4-7H2,1-3H3/t13-,14-/m1/s1. The molecular weight excluding hydrogens is 280 g/mol. The van der Waals surface area contributed by atoms with Gasteiger partial charge in [-0.05, 0) is 32.8 Å². The molecule has 6 nitrogen and oxygen atoms in total. The first-order chi connectivity index (χ1) is 10.6. The highest BCUT2D eigenvalue weighted by Crippen LogP contribution is 2.34. The Morgan fingerprint density at radius 1 is 1.27 bits per heavy atom. The van der Waals surface area contributed by atoms with Gasteiger partial charge < -0.3 is 9.84 Å². The largest absolute Gasteiger partial charge is 0.494 e. The zero-order valence-electron chi connectivity index (χ0n) is 13.3. The van der Waals surface area contributed by atoms with E-state index >= 15 is 0 Å². The van der Waals surface area contributed by atoms with Crippen LogP contribution >= 0.6 is 0 Å². The van der Waals surface area contributed by atoms with Crippen LogP contribution in [0, 0.1) is 13.8 Å². The van der Waals surface area contributed by atoms with Gasteiger partial charge in [0, 0.05) is 5.69 Å². The second-order valence-corrected chi connectivity index (χ2v) is 5.87. The van der Waals surface area contributed by atoms with Gasteiger partial charge in [-0.15, -0.1) is 0 Å². The Kier molecular flexibility index (Phi) is 4.11. The van der Waals surface area contributed by atoms with E-state index in [1.54, 1.807) is 13.3 Å². The van der Waals surface area contributed by atoms with Gasteiger partial charge in [0.05, 0.1) is 31.0 Å². The van der Waals surface area contributed by atoms with Gasteiger partial charge in [0.25, 0.3) is 0 Å². The lowest BCUT2D eigenvalue weighted by atomic mass is 9.92. The van der Waals surface area contributed by atoms with Crippen LogP contribution in [0.5, 0.6) is 5.75 Å². The maximum atomic E-state index is 10.4. The van der Waals surface area contributed by atoms with Crippen LogP contribution in [-0.2, 0) is 0 Å². The van der Waals surface area contributed by atoms with Crippen LogP contribution < -0.4 is 4.74 Å². The summed E-state index contributed by atoms with van der Waals surface area (Å²) in [6, 6.07) is 1.93. The molecule has 0 saturated heterocycles. The molecule has 0 aromatic carbocycles. The van der Waals surface area contributed by atoms with E-state index in [1.165, 1.54) is 0 Å². The van der Waals surface area contributed by atoms with Crippen molar-refractivity contribution in [1.29, 1.82) is 0 Å². The molecule has 1 saturated carbocycles. The Balaban J connectivity index is 2.10. The number of pyridine rings is 1.